The van der Waals surface area contributed by atoms with Crippen LogP contribution >= 0.6 is 11.6 Å². The number of hydrogen-bond acceptors (Lipinski definition) is 3. The number of hydrogen-bond donors (Lipinski definition) is 2. The second-order valence-corrected chi connectivity index (χ2v) is 4.77. The molecule has 0 aliphatic heterocycles. The number of rotatable bonds is 2. The van der Waals surface area contributed by atoms with Crippen molar-refractivity contribution in [3.05, 3.63) is 29.0 Å². The molecule has 1 atom stereocenters. The molecule has 4 heteroatoms. The van der Waals surface area contributed by atoms with Gasteiger partial charge in [-0.15, -0.1) is 0 Å². The third-order valence-corrected chi connectivity index (χ3v) is 2.46. The van der Waals surface area contributed by atoms with Crippen LogP contribution in [-0.4, -0.2) is 4.98 Å². The van der Waals surface area contributed by atoms with Gasteiger partial charge in [0.2, 0.25) is 0 Å². The van der Waals surface area contributed by atoms with Crippen LogP contribution in [-0.2, 0) is 0 Å². The average Bonchev–Trinajstić information content (AvgIpc) is 2.07. The molecule has 0 aromatic carbocycles. The van der Waals surface area contributed by atoms with Crippen molar-refractivity contribution < 1.29 is 0 Å². The lowest BCUT2D eigenvalue weighted by atomic mass is 9.83. The van der Waals surface area contributed by atoms with Gasteiger partial charge in [-0.05, 0) is 17.0 Å². The normalized spacial score (nSPS) is 14.1. The molecule has 0 radical (unpaired) electrons. The van der Waals surface area contributed by atoms with Gasteiger partial charge in [0.1, 0.15) is 0 Å². The maximum atomic E-state index is 6.05. The molecule has 1 heterocycles. The summed E-state index contributed by atoms with van der Waals surface area (Å²) in [6.45, 7) is 6.32. The van der Waals surface area contributed by atoms with E-state index in [2.05, 4.69) is 31.2 Å². The zero-order valence-electron chi connectivity index (χ0n) is 8.71. The largest absolute Gasteiger partial charge is 0.271 e. The van der Waals surface area contributed by atoms with Crippen LogP contribution in [0.4, 0.5) is 0 Å². The molecule has 3 N–H and O–H groups in total. The lowest BCUT2D eigenvalue weighted by Crippen LogP contribution is -2.37. The predicted molar refractivity (Wildman–Crippen MR) is 58.8 cm³/mol. The minimum atomic E-state index is 0.0136. The average molecular weight is 214 g/mol. The molecule has 0 amide bonds. The minimum absolute atomic E-state index is 0.0136. The highest BCUT2D eigenvalue weighted by atomic mass is 35.5. The summed E-state index contributed by atoms with van der Waals surface area (Å²) in [7, 11) is 0. The van der Waals surface area contributed by atoms with E-state index in [0.29, 0.717) is 5.02 Å². The first-order chi connectivity index (χ1) is 6.46. The van der Waals surface area contributed by atoms with Crippen molar-refractivity contribution in [2.75, 3.05) is 0 Å². The van der Waals surface area contributed by atoms with Gasteiger partial charge in [-0.3, -0.25) is 16.3 Å². The number of nitrogens with two attached hydrogens (primary N) is 1. The molecule has 3 nitrogen and oxygen atoms in total. The lowest BCUT2D eigenvalue weighted by molar-refractivity contribution is 0.275. The van der Waals surface area contributed by atoms with Crippen LogP contribution in [0.15, 0.2) is 18.5 Å². The first-order valence-electron chi connectivity index (χ1n) is 4.52. The van der Waals surface area contributed by atoms with Crippen molar-refractivity contribution in [1.82, 2.24) is 10.4 Å². The fourth-order valence-electron chi connectivity index (χ4n) is 1.43. The molecule has 0 aliphatic rings. The standard InChI is InChI=1S/C10H16ClN3/c1-10(2,3)9(14-12)7-4-5-13-6-8(7)11/h4-6,9,14H,12H2,1-3H3. The smallest absolute Gasteiger partial charge is 0.0637 e. The molecular formula is C10H16ClN3. The summed E-state index contributed by atoms with van der Waals surface area (Å²) in [5.41, 5.74) is 3.78. The summed E-state index contributed by atoms with van der Waals surface area (Å²) in [5.74, 6) is 5.53. The van der Waals surface area contributed by atoms with Gasteiger partial charge in [-0.2, -0.15) is 0 Å². The Balaban J connectivity index is 3.08. The Bertz CT molecular complexity index is 306. The summed E-state index contributed by atoms with van der Waals surface area (Å²) < 4.78 is 0. The Kier molecular flexibility index (Phi) is 3.48. The molecule has 0 aliphatic carbocycles. The topological polar surface area (TPSA) is 50.9 Å². The van der Waals surface area contributed by atoms with Gasteiger partial charge < -0.3 is 0 Å². The Morgan fingerprint density at radius 2 is 2.14 bits per heavy atom. The molecule has 1 unspecified atom stereocenters. The summed E-state index contributed by atoms with van der Waals surface area (Å²) in [5, 5.41) is 0.644. The van der Waals surface area contributed by atoms with Crippen LogP contribution in [0.25, 0.3) is 0 Å². The first-order valence-corrected chi connectivity index (χ1v) is 4.90. The Morgan fingerprint density at radius 1 is 1.50 bits per heavy atom. The Hall–Kier alpha value is -0.640. The summed E-state index contributed by atoms with van der Waals surface area (Å²) in [6.07, 6.45) is 3.35. The van der Waals surface area contributed by atoms with E-state index in [9.17, 15) is 0 Å². The van der Waals surface area contributed by atoms with Crippen molar-refractivity contribution in [3.63, 3.8) is 0 Å². The van der Waals surface area contributed by atoms with Gasteiger partial charge in [0, 0.05) is 12.4 Å². The third-order valence-electron chi connectivity index (χ3n) is 2.15. The van der Waals surface area contributed by atoms with Crippen LogP contribution < -0.4 is 11.3 Å². The van der Waals surface area contributed by atoms with Crippen LogP contribution in [0.5, 0.6) is 0 Å². The van der Waals surface area contributed by atoms with Crippen molar-refractivity contribution in [2.45, 2.75) is 26.8 Å². The number of pyridine rings is 1. The van der Waals surface area contributed by atoms with Gasteiger partial charge in [0.25, 0.3) is 0 Å². The number of nitrogens with zero attached hydrogens (tertiary/aromatic N) is 1. The SMILES string of the molecule is CC(C)(C)C(NN)c1ccncc1Cl. The van der Waals surface area contributed by atoms with Crippen molar-refractivity contribution in [3.8, 4) is 0 Å². The fourth-order valence-corrected chi connectivity index (χ4v) is 1.65. The monoisotopic (exact) mass is 213 g/mol. The maximum absolute atomic E-state index is 6.05. The molecule has 0 saturated heterocycles. The highest BCUT2D eigenvalue weighted by Gasteiger charge is 2.26. The fraction of sp³-hybridized carbons (Fsp3) is 0.500. The Morgan fingerprint density at radius 3 is 2.57 bits per heavy atom. The number of aromatic nitrogens is 1. The second kappa shape index (κ2) is 4.26. The third kappa shape index (κ3) is 2.44. The molecule has 0 saturated carbocycles. The predicted octanol–water partition coefficient (Wildman–Crippen LogP) is 2.29. The van der Waals surface area contributed by atoms with Crippen LogP contribution in [0.2, 0.25) is 5.02 Å². The van der Waals surface area contributed by atoms with Crippen LogP contribution in [0, 0.1) is 5.41 Å². The maximum Gasteiger partial charge on any atom is 0.0637 e. The zero-order valence-corrected chi connectivity index (χ0v) is 9.47. The highest BCUT2D eigenvalue weighted by Crippen LogP contribution is 2.34. The molecule has 0 spiro atoms. The van der Waals surface area contributed by atoms with E-state index in [1.54, 1.807) is 12.4 Å². The molecule has 78 valence electrons. The zero-order chi connectivity index (χ0) is 10.8. The van der Waals surface area contributed by atoms with Crippen LogP contribution in [0.1, 0.15) is 32.4 Å². The van der Waals surface area contributed by atoms with E-state index in [1.165, 1.54) is 0 Å². The van der Waals surface area contributed by atoms with Crippen molar-refractivity contribution >= 4 is 11.6 Å². The van der Waals surface area contributed by atoms with Gasteiger partial charge in [0.05, 0.1) is 11.1 Å². The van der Waals surface area contributed by atoms with E-state index < -0.39 is 0 Å². The number of nitrogens with one attached hydrogen (secondary N) is 1. The van der Waals surface area contributed by atoms with E-state index >= 15 is 0 Å². The Labute approximate surface area is 89.6 Å². The summed E-state index contributed by atoms with van der Waals surface area (Å²) in [4.78, 5) is 3.94. The van der Waals surface area contributed by atoms with Crippen LogP contribution in [0.3, 0.4) is 0 Å². The quantitative estimate of drug-likeness (QED) is 0.586. The minimum Gasteiger partial charge on any atom is -0.271 e. The van der Waals surface area contributed by atoms with Gasteiger partial charge in [-0.25, -0.2) is 0 Å². The van der Waals surface area contributed by atoms with E-state index in [1.807, 2.05) is 6.07 Å². The summed E-state index contributed by atoms with van der Waals surface area (Å²) in [6, 6.07) is 1.91. The molecule has 14 heavy (non-hydrogen) atoms. The van der Waals surface area contributed by atoms with Crippen molar-refractivity contribution in [1.29, 1.82) is 0 Å². The number of halogens is 1. The van der Waals surface area contributed by atoms with Gasteiger partial charge in [-0.1, -0.05) is 32.4 Å². The molecule has 1 rings (SSSR count). The molecule has 1 aromatic rings. The van der Waals surface area contributed by atoms with Gasteiger partial charge >= 0.3 is 0 Å². The highest BCUT2D eigenvalue weighted by molar-refractivity contribution is 6.31. The first kappa shape index (κ1) is 11.4. The molecule has 1 aromatic heterocycles. The molecular weight excluding hydrogens is 198 g/mol. The van der Waals surface area contributed by atoms with E-state index in [4.69, 9.17) is 17.4 Å². The number of hydrazine groups is 1. The summed E-state index contributed by atoms with van der Waals surface area (Å²) >= 11 is 6.05. The van der Waals surface area contributed by atoms with E-state index in [0.717, 1.165) is 5.56 Å². The van der Waals surface area contributed by atoms with Crippen molar-refractivity contribution in [2.24, 2.45) is 11.3 Å². The lowest BCUT2D eigenvalue weighted by Gasteiger charge is -2.30. The second-order valence-electron chi connectivity index (χ2n) is 4.36. The molecule has 0 fully saturated rings. The van der Waals surface area contributed by atoms with E-state index in [-0.39, 0.29) is 11.5 Å². The van der Waals surface area contributed by atoms with Gasteiger partial charge in [0.15, 0.2) is 0 Å². The molecule has 0 bridgehead atoms.